The fourth-order valence-corrected chi connectivity index (χ4v) is 3.16. The Morgan fingerprint density at radius 3 is 2.57 bits per heavy atom. The summed E-state index contributed by atoms with van der Waals surface area (Å²) in [5, 5.41) is 18.3. The predicted molar refractivity (Wildman–Crippen MR) is 83.8 cm³/mol. The molecule has 0 unspecified atom stereocenters. The summed E-state index contributed by atoms with van der Waals surface area (Å²) in [7, 11) is 0. The van der Waals surface area contributed by atoms with Crippen LogP contribution in [0.2, 0.25) is 0 Å². The lowest BCUT2D eigenvalue weighted by Gasteiger charge is -2.27. The van der Waals surface area contributed by atoms with Crippen molar-refractivity contribution in [3.8, 4) is 11.8 Å². The summed E-state index contributed by atoms with van der Waals surface area (Å²) in [6.45, 7) is 2.04. The lowest BCUT2D eigenvalue weighted by molar-refractivity contribution is 0.564. The van der Waals surface area contributed by atoms with Crippen molar-refractivity contribution in [1.82, 2.24) is 14.8 Å². The Morgan fingerprint density at radius 2 is 1.86 bits per heavy atom. The Morgan fingerprint density at radius 1 is 1.10 bits per heavy atom. The molecule has 1 saturated heterocycles. The van der Waals surface area contributed by atoms with Gasteiger partial charge in [-0.2, -0.15) is 5.26 Å². The minimum atomic E-state index is 0.380. The number of benzene rings is 1. The monoisotopic (exact) mass is 299 g/mol. The van der Waals surface area contributed by atoms with Crippen LogP contribution in [-0.2, 0) is 0 Å². The molecule has 0 atom stereocenters. The van der Waals surface area contributed by atoms with E-state index in [1.165, 1.54) is 31.0 Å². The molecule has 1 aromatic heterocycles. The molecule has 0 saturated carbocycles. The SMILES string of the molecule is N#CCSc1nnc(N2CCCCC2)n1-c1ccccc1. The van der Waals surface area contributed by atoms with E-state index in [9.17, 15) is 0 Å². The van der Waals surface area contributed by atoms with Crippen LogP contribution in [0.25, 0.3) is 5.69 Å². The van der Waals surface area contributed by atoms with E-state index >= 15 is 0 Å². The minimum Gasteiger partial charge on any atom is -0.341 e. The molecule has 2 aromatic rings. The van der Waals surface area contributed by atoms with Crippen LogP contribution in [0.1, 0.15) is 19.3 Å². The first kappa shape index (κ1) is 14.0. The zero-order valence-electron chi connectivity index (χ0n) is 11.8. The first-order valence-corrected chi connectivity index (χ1v) is 8.14. The molecule has 1 fully saturated rings. The van der Waals surface area contributed by atoms with E-state index < -0.39 is 0 Å². The number of hydrogen-bond acceptors (Lipinski definition) is 5. The van der Waals surface area contributed by atoms with Crippen LogP contribution in [0.4, 0.5) is 5.95 Å². The van der Waals surface area contributed by atoms with Crippen molar-refractivity contribution in [2.75, 3.05) is 23.7 Å². The Balaban J connectivity index is 1.99. The zero-order chi connectivity index (χ0) is 14.5. The van der Waals surface area contributed by atoms with Gasteiger partial charge in [-0.1, -0.05) is 30.0 Å². The van der Waals surface area contributed by atoms with Crippen molar-refractivity contribution < 1.29 is 0 Å². The molecule has 0 aliphatic carbocycles. The molecule has 0 radical (unpaired) electrons. The van der Waals surface area contributed by atoms with Gasteiger partial charge < -0.3 is 4.90 Å². The van der Waals surface area contributed by atoms with Crippen LogP contribution in [0.5, 0.6) is 0 Å². The molecule has 0 amide bonds. The number of anilines is 1. The molecule has 1 aliphatic heterocycles. The molecule has 1 aromatic carbocycles. The summed E-state index contributed by atoms with van der Waals surface area (Å²) in [4.78, 5) is 2.29. The van der Waals surface area contributed by atoms with Gasteiger partial charge in [-0.05, 0) is 31.4 Å². The predicted octanol–water partition coefficient (Wildman–Crippen LogP) is 2.87. The zero-order valence-corrected chi connectivity index (χ0v) is 12.6. The van der Waals surface area contributed by atoms with Gasteiger partial charge in [0.25, 0.3) is 0 Å². The first-order valence-electron chi connectivity index (χ1n) is 7.15. The lowest BCUT2D eigenvalue weighted by atomic mass is 10.1. The first-order chi connectivity index (χ1) is 10.4. The topological polar surface area (TPSA) is 57.7 Å². The number of hydrogen-bond donors (Lipinski definition) is 0. The Labute approximate surface area is 128 Å². The molecule has 0 bridgehead atoms. The van der Waals surface area contributed by atoms with E-state index in [1.54, 1.807) is 0 Å². The van der Waals surface area contributed by atoms with Crippen LogP contribution in [0, 0.1) is 11.3 Å². The second-order valence-corrected chi connectivity index (χ2v) is 5.89. The van der Waals surface area contributed by atoms with Crippen molar-refractivity contribution in [3.05, 3.63) is 30.3 Å². The molecular formula is C15H17N5S. The quantitative estimate of drug-likeness (QED) is 0.813. The highest BCUT2D eigenvalue weighted by Gasteiger charge is 2.21. The van der Waals surface area contributed by atoms with Crippen molar-refractivity contribution in [3.63, 3.8) is 0 Å². The molecule has 0 N–H and O–H groups in total. The molecule has 1 aliphatic rings. The Kier molecular flexibility index (Phi) is 4.41. The number of rotatable bonds is 4. The maximum Gasteiger partial charge on any atom is 0.232 e. The molecule has 5 nitrogen and oxygen atoms in total. The van der Waals surface area contributed by atoms with Crippen molar-refractivity contribution in [2.45, 2.75) is 24.4 Å². The second-order valence-electron chi connectivity index (χ2n) is 4.95. The average molecular weight is 299 g/mol. The second kappa shape index (κ2) is 6.64. The highest BCUT2D eigenvalue weighted by Crippen LogP contribution is 2.27. The van der Waals surface area contributed by atoms with Gasteiger partial charge in [-0.25, -0.2) is 0 Å². The van der Waals surface area contributed by atoms with E-state index in [-0.39, 0.29) is 0 Å². The van der Waals surface area contributed by atoms with Gasteiger partial charge in [0, 0.05) is 13.1 Å². The van der Waals surface area contributed by atoms with Crippen LogP contribution in [0.15, 0.2) is 35.5 Å². The average Bonchev–Trinajstić information content (AvgIpc) is 2.98. The minimum absolute atomic E-state index is 0.380. The van der Waals surface area contributed by atoms with Gasteiger partial charge >= 0.3 is 0 Å². The smallest absolute Gasteiger partial charge is 0.232 e. The summed E-state index contributed by atoms with van der Waals surface area (Å²) in [5.74, 6) is 1.27. The Hall–Kier alpha value is -2.00. The van der Waals surface area contributed by atoms with E-state index in [2.05, 4.69) is 25.7 Å². The fraction of sp³-hybridized carbons (Fsp3) is 0.400. The molecule has 21 heavy (non-hydrogen) atoms. The molecule has 108 valence electrons. The van der Waals surface area contributed by atoms with Gasteiger partial charge in [0.1, 0.15) is 0 Å². The maximum absolute atomic E-state index is 8.81. The van der Waals surface area contributed by atoms with Crippen LogP contribution < -0.4 is 4.90 Å². The third-order valence-electron chi connectivity index (χ3n) is 3.54. The van der Waals surface area contributed by atoms with E-state index in [0.29, 0.717) is 5.75 Å². The van der Waals surface area contributed by atoms with Crippen molar-refractivity contribution in [1.29, 1.82) is 5.26 Å². The highest BCUT2D eigenvalue weighted by atomic mass is 32.2. The van der Waals surface area contributed by atoms with Crippen LogP contribution in [0.3, 0.4) is 0 Å². The van der Waals surface area contributed by atoms with Crippen LogP contribution in [-0.4, -0.2) is 33.6 Å². The number of piperidine rings is 1. The summed E-state index contributed by atoms with van der Waals surface area (Å²) in [6, 6.07) is 12.3. The normalized spacial score (nSPS) is 14.9. The number of aromatic nitrogens is 3. The number of nitriles is 1. The molecule has 2 heterocycles. The van der Waals surface area contributed by atoms with Crippen molar-refractivity contribution in [2.24, 2.45) is 0 Å². The summed E-state index contributed by atoms with van der Waals surface area (Å²) in [6.07, 6.45) is 3.68. The van der Waals surface area contributed by atoms with Crippen LogP contribution >= 0.6 is 11.8 Å². The summed E-state index contributed by atoms with van der Waals surface area (Å²) >= 11 is 1.43. The fourth-order valence-electron chi connectivity index (χ4n) is 2.55. The molecular weight excluding hydrogens is 282 g/mol. The number of para-hydroxylation sites is 1. The summed E-state index contributed by atoms with van der Waals surface area (Å²) < 4.78 is 2.06. The Bertz CT molecular complexity index is 625. The van der Waals surface area contributed by atoms with E-state index in [1.807, 2.05) is 30.3 Å². The largest absolute Gasteiger partial charge is 0.341 e. The third kappa shape index (κ3) is 3.03. The lowest BCUT2D eigenvalue weighted by Crippen LogP contribution is -2.31. The molecule has 6 heteroatoms. The highest BCUT2D eigenvalue weighted by molar-refractivity contribution is 7.99. The molecule has 3 rings (SSSR count). The van der Waals surface area contributed by atoms with Gasteiger partial charge in [-0.15, -0.1) is 10.2 Å². The standard InChI is InChI=1S/C15H17N5S/c16-9-12-21-15-18-17-14(19-10-5-2-6-11-19)20(15)13-7-3-1-4-8-13/h1,3-4,7-8H,2,5-6,10-12H2. The van der Waals surface area contributed by atoms with Gasteiger partial charge in [-0.3, -0.25) is 4.57 Å². The van der Waals surface area contributed by atoms with Crippen molar-refractivity contribution >= 4 is 17.7 Å². The molecule has 0 spiro atoms. The summed E-state index contributed by atoms with van der Waals surface area (Å²) in [5.41, 5.74) is 1.04. The van der Waals surface area contributed by atoms with Gasteiger partial charge in [0.2, 0.25) is 5.95 Å². The van der Waals surface area contributed by atoms with Gasteiger partial charge in [0.15, 0.2) is 5.16 Å². The van der Waals surface area contributed by atoms with Gasteiger partial charge in [0.05, 0.1) is 17.5 Å². The number of nitrogens with zero attached hydrogens (tertiary/aromatic N) is 5. The number of thioether (sulfide) groups is 1. The van der Waals surface area contributed by atoms with E-state index in [0.717, 1.165) is 29.9 Å². The van der Waals surface area contributed by atoms with E-state index in [4.69, 9.17) is 5.26 Å². The maximum atomic E-state index is 8.81. The third-order valence-corrected chi connectivity index (χ3v) is 4.33.